The van der Waals surface area contributed by atoms with Gasteiger partial charge in [0.05, 0.1) is 18.5 Å². The number of amides is 1. The predicted octanol–water partition coefficient (Wildman–Crippen LogP) is 3.65. The van der Waals surface area contributed by atoms with E-state index in [0.717, 1.165) is 17.1 Å². The molecule has 34 heavy (non-hydrogen) atoms. The first-order valence-corrected chi connectivity index (χ1v) is 11.6. The van der Waals surface area contributed by atoms with E-state index in [1.165, 1.54) is 23.8 Å². The molecule has 1 aromatic heterocycles. The lowest BCUT2D eigenvalue weighted by atomic mass is 10.0. The zero-order chi connectivity index (χ0) is 24.4. The number of esters is 1. The molecule has 0 unspecified atom stereocenters. The highest BCUT2D eigenvalue weighted by Gasteiger charge is 2.38. The zero-order valence-electron chi connectivity index (χ0n) is 20.5. The number of aromatic nitrogens is 2. The zero-order valence-corrected chi connectivity index (χ0v) is 20.5. The summed E-state index contributed by atoms with van der Waals surface area (Å²) in [6, 6.07) is 15.2. The largest absolute Gasteiger partial charge is 0.468 e. The summed E-state index contributed by atoms with van der Waals surface area (Å²) in [4.78, 5) is 27.7. The van der Waals surface area contributed by atoms with Gasteiger partial charge in [-0.3, -0.25) is 14.5 Å². The minimum atomic E-state index is -0.392. The first kappa shape index (κ1) is 23.7. The maximum absolute atomic E-state index is 13.1. The maximum Gasteiger partial charge on any atom is 0.323 e. The summed E-state index contributed by atoms with van der Waals surface area (Å²) in [7, 11) is 1.41. The summed E-state index contributed by atoms with van der Waals surface area (Å²) in [5.41, 5.74) is 6.88. The molecular formula is C27H32N4O3. The van der Waals surface area contributed by atoms with Crippen LogP contribution in [0.25, 0.3) is 5.69 Å². The smallest absolute Gasteiger partial charge is 0.323 e. The Hall–Kier alpha value is -3.45. The second kappa shape index (κ2) is 9.81. The van der Waals surface area contributed by atoms with E-state index in [-0.39, 0.29) is 17.9 Å². The number of nitrogens with one attached hydrogen (secondary N) is 1. The van der Waals surface area contributed by atoms with Crippen molar-refractivity contribution in [2.45, 2.75) is 52.7 Å². The average Bonchev–Trinajstić information content (AvgIpc) is 3.37. The number of hydrogen-bond acceptors (Lipinski definition) is 5. The van der Waals surface area contributed by atoms with E-state index in [0.29, 0.717) is 25.1 Å². The number of carbonyl (C=O) groups is 2. The van der Waals surface area contributed by atoms with Gasteiger partial charge in [0, 0.05) is 30.4 Å². The third kappa shape index (κ3) is 5.04. The fourth-order valence-corrected chi connectivity index (χ4v) is 4.69. The molecule has 7 heteroatoms. The Kier molecular flexibility index (Phi) is 6.84. The number of nitrogens with zero attached hydrogens (tertiary/aromatic N) is 3. The number of rotatable bonds is 6. The van der Waals surface area contributed by atoms with Gasteiger partial charge in [0.15, 0.2) is 0 Å². The summed E-state index contributed by atoms with van der Waals surface area (Å²) in [5, 5.41) is 7.64. The van der Waals surface area contributed by atoms with Crippen molar-refractivity contribution in [3.63, 3.8) is 0 Å². The molecule has 4 rings (SSSR count). The molecule has 1 aliphatic heterocycles. The number of ether oxygens (including phenoxy) is 1. The van der Waals surface area contributed by atoms with Gasteiger partial charge in [-0.25, -0.2) is 4.68 Å². The molecule has 3 aromatic rings. The van der Waals surface area contributed by atoms with Crippen LogP contribution in [0.4, 0.5) is 0 Å². The van der Waals surface area contributed by atoms with Crippen LogP contribution in [-0.4, -0.2) is 52.3 Å². The lowest BCUT2D eigenvalue weighted by Crippen LogP contribution is -2.38. The number of benzene rings is 2. The highest BCUT2D eigenvalue weighted by atomic mass is 16.5. The van der Waals surface area contributed by atoms with E-state index < -0.39 is 6.04 Å². The van der Waals surface area contributed by atoms with Gasteiger partial charge in [0.2, 0.25) is 0 Å². The van der Waals surface area contributed by atoms with Crippen molar-refractivity contribution in [1.29, 1.82) is 0 Å². The Morgan fingerprint density at radius 2 is 1.88 bits per heavy atom. The fourth-order valence-electron chi connectivity index (χ4n) is 4.69. The minimum Gasteiger partial charge on any atom is -0.468 e. The molecule has 178 valence electrons. The Morgan fingerprint density at radius 3 is 2.59 bits per heavy atom. The van der Waals surface area contributed by atoms with E-state index in [1.807, 2.05) is 42.8 Å². The lowest BCUT2D eigenvalue weighted by Gasteiger charge is -2.23. The van der Waals surface area contributed by atoms with Crippen molar-refractivity contribution in [3.8, 4) is 5.69 Å². The SMILES string of the molecule is COC(=O)[C@@H]1C[C@@H](NC(=O)c2cccc(-n3nc(C)cc3C)c2)CN1Cc1cc(C)ccc1C. The first-order chi connectivity index (χ1) is 16.2. The van der Waals surface area contributed by atoms with Crippen molar-refractivity contribution in [1.82, 2.24) is 20.0 Å². The van der Waals surface area contributed by atoms with E-state index in [4.69, 9.17) is 4.74 Å². The molecule has 1 fully saturated rings. The molecule has 0 saturated carbocycles. The lowest BCUT2D eigenvalue weighted by molar-refractivity contribution is -0.146. The molecular weight excluding hydrogens is 428 g/mol. The molecule has 0 spiro atoms. The highest BCUT2D eigenvalue weighted by molar-refractivity contribution is 5.95. The highest BCUT2D eigenvalue weighted by Crippen LogP contribution is 2.24. The van der Waals surface area contributed by atoms with Gasteiger partial charge in [-0.1, -0.05) is 29.8 Å². The van der Waals surface area contributed by atoms with E-state index in [1.54, 1.807) is 6.07 Å². The number of carbonyl (C=O) groups excluding carboxylic acids is 2. The summed E-state index contributed by atoms with van der Waals surface area (Å²) in [6.07, 6.45) is 0.514. The molecule has 1 amide bonds. The monoisotopic (exact) mass is 460 g/mol. The molecule has 0 bridgehead atoms. The second-order valence-corrected chi connectivity index (χ2v) is 9.19. The van der Waals surface area contributed by atoms with Crippen LogP contribution in [0.2, 0.25) is 0 Å². The van der Waals surface area contributed by atoms with Crippen molar-refractivity contribution in [2.24, 2.45) is 0 Å². The molecule has 1 saturated heterocycles. The van der Waals surface area contributed by atoms with Gasteiger partial charge in [-0.15, -0.1) is 0 Å². The molecule has 7 nitrogen and oxygen atoms in total. The van der Waals surface area contributed by atoms with Gasteiger partial charge in [0.25, 0.3) is 5.91 Å². The Morgan fingerprint density at radius 1 is 1.09 bits per heavy atom. The average molecular weight is 461 g/mol. The summed E-state index contributed by atoms with van der Waals surface area (Å²) >= 11 is 0. The van der Waals surface area contributed by atoms with E-state index >= 15 is 0 Å². The van der Waals surface area contributed by atoms with Crippen molar-refractivity contribution >= 4 is 11.9 Å². The Labute approximate surface area is 200 Å². The van der Waals surface area contributed by atoms with Gasteiger partial charge in [0.1, 0.15) is 6.04 Å². The van der Waals surface area contributed by atoms with Gasteiger partial charge in [-0.2, -0.15) is 5.10 Å². The van der Waals surface area contributed by atoms with Gasteiger partial charge < -0.3 is 10.1 Å². The molecule has 0 radical (unpaired) electrons. The molecule has 0 aliphatic carbocycles. The number of methoxy groups -OCH3 is 1. The van der Waals surface area contributed by atoms with Crippen LogP contribution >= 0.6 is 0 Å². The van der Waals surface area contributed by atoms with Crippen molar-refractivity contribution in [2.75, 3.05) is 13.7 Å². The standard InChI is InChI=1S/C27H32N4O3/c1-17-9-10-18(2)22(11-17)15-30-16-23(14-25(30)27(33)34-5)28-26(32)21-7-6-8-24(13-21)31-20(4)12-19(3)29-31/h6-13,23,25H,14-16H2,1-5H3,(H,28,32)/t23-,25+/m1/s1. The molecule has 1 N–H and O–H groups in total. The van der Waals surface area contributed by atoms with Crippen LogP contribution in [0, 0.1) is 27.7 Å². The molecule has 2 aromatic carbocycles. The van der Waals surface area contributed by atoms with Gasteiger partial charge in [-0.05, 0) is 69.5 Å². The quantitative estimate of drug-likeness (QED) is 0.569. The second-order valence-electron chi connectivity index (χ2n) is 9.19. The summed E-state index contributed by atoms with van der Waals surface area (Å²) in [6.45, 7) is 9.29. The van der Waals surface area contributed by atoms with Crippen LogP contribution in [0.5, 0.6) is 0 Å². The number of hydrogen-bond donors (Lipinski definition) is 1. The first-order valence-electron chi connectivity index (χ1n) is 11.6. The predicted molar refractivity (Wildman–Crippen MR) is 131 cm³/mol. The molecule has 1 aliphatic rings. The topological polar surface area (TPSA) is 76.5 Å². The Balaban J connectivity index is 1.50. The van der Waals surface area contributed by atoms with Crippen LogP contribution in [-0.2, 0) is 16.1 Å². The van der Waals surface area contributed by atoms with Crippen LogP contribution in [0.15, 0.2) is 48.5 Å². The van der Waals surface area contributed by atoms with Crippen molar-refractivity contribution in [3.05, 3.63) is 82.2 Å². The Bertz CT molecular complexity index is 1220. The maximum atomic E-state index is 13.1. The van der Waals surface area contributed by atoms with Crippen LogP contribution in [0.3, 0.4) is 0 Å². The van der Waals surface area contributed by atoms with E-state index in [2.05, 4.69) is 47.4 Å². The minimum absolute atomic E-state index is 0.154. The normalized spacial score (nSPS) is 18.1. The van der Waals surface area contributed by atoms with Crippen LogP contribution in [0.1, 0.15) is 44.9 Å². The van der Waals surface area contributed by atoms with E-state index in [9.17, 15) is 9.59 Å². The fraction of sp³-hybridized carbons (Fsp3) is 0.370. The summed E-state index contributed by atoms with van der Waals surface area (Å²) in [5.74, 6) is -0.431. The summed E-state index contributed by atoms with van der Waals surface area (Å²) < 4.78 is 6.90. The molecule has 2 atom stereocenters. The third-order valence-corrected chi connectivity index (χ3v) is 6.45. The third-order valence-electron chi connectivity index (χ3n) is 6.45. The van der Waals surface area contributed by atoms with Gasteiger partial charge >= 0.3 is 5.97 Å². The number of likely N-dealkylation sites (tertiary alicyclic amines) is 1. The van der Waals surface area contributed by atoms with Crippen molar-refractivity contribution < 1.29 is 14.3 Å². The number of aryl methyl sites for hydroxylation is 4. The van der Waals surface area contributed by atoms with Crippen LogP contribution < -0.4 is 5.32 Å². The molecule has 2 heterocycles.